The van der Waals surface area contributed by atoms with Crippen LogP contribution in [-0.2, 0) is 4.74 Å². The Morgan fingerprint density at radius 2 is 2.20 bits per heavy atom. The molecule has 1 amide bonds. The Labute approximate surface area is 145 Å². The number of ether oxygens (including phenoxy) is 1. The van der Waals surface area contributed by atoms with E-state index in [1.54, 1.807) is 18.9 Å². The lowest BCUT2D eigenvalue weighted by molar-refractivity contribution is 0.0666. The molecule has 0 aliphatic carbocycles. The number of fused-ring (bicyclic) bond motifs is 1. The third-order valence-electron chi connectivity index (χ3n) is 4.69. The molecule has 2 atom stereocenters. The standard InChI is InChI=1S/C18H20N4O3/c1-10-4-5-12-7-15(20-14(12)6-10)18(23)22-9-13(24-3)8-16(22)17-19-11(2)21-25-17/h4-7,13,16,20H,8-9H2,1-3H3/t13-,16-/m1/s1. The van der Waals surface area contributed by atoms with Crippen LogP contribution in [0.5, 0.6) is 0 Å². The Hall–Kier alpha value is -2.67. The molecule has 0 spiro atoms. The summed E-state index contributed by atoms with van der Waals surface area (Å²) >= 11 is 0. The van der Waals surface area contributed by atoms with Crippen LogP contribution in [0.1, 0.15) is 40.2 Å². The van der Waals surface area contributed by atoms with Gasteiger partial charge in [-0.2, -0.15) is 4.98 Å². The Bertz CT molecular complexity index is 929. The lowest BCUT2D eigenvalue weighted by Crippen LogP contribution is -2.32. The summed E-state index contributed by atoms with van der Waals surface area (Å²) in [5, 5.41) is 4.87. The number of likely N-dealkylation sites (tertiary alicyclic amines) is 1. The van der Waals surface area contributed by atoms with Crippen molar-refractivity contribution in [3.63, 3.8) is 0 Å². The number of carbonyl (C=O) groups is 1. The zero-order valence-electron chi connectivity index (χ0n) is 14.4. The Balaban J connectivity index is 1.68. The average molecular weight is 340 g/mol. The second-order valence-electron chi connectivity index (χ2n) is 6.52. The molecule has 3 heterocycles. The summed E-state index contributed by atoms with van der Waals surface area (Å²) in [4.78, 5) is 22.4. The van der Waals surface area contributed by atoms with Gasteiger partial charge in [-0.1, -0.05) is 17.3 Å². The molecule has 1 N–H and O–H groups in total. The fourth-order valence-corrected chi connectivity index (χ4v) is 3.39. The van der Waals surface area contributed by atoms with Crippen LogP contribution in [0.15, 0.2) is 28.8 Å². The van der Waals surface area contributed by atoms with Gasteiger partial charge in [-0.05, 0) is 31.5 Å². The highest BCUT2D eigenvalue weighted by Gasteiger charge is 2.40. The zero-order valence-corrected chi connectivity index (χ0v) is 14.4. The molecule has 1 saturated heterocycles. The van der Waals surface area contributed by atoms with Crippen molar-refractivity contribution >= 4 is 16.8 Å². The van der Waals surface area contributed by atoms with Gasteiger partial charge >= 0.3 is 0 Å². The van der Waals surface area contributed by atoms with Crippen molar-refractivity contribution in [3.8, 4) is 0 Å². The second-order valence-corrected chi connectivity index (χ2v) is 6.52. The predicted molar refractivity (Wildman–Crippen MR) is 91.3 cm³/mol. The highest BCUT2D eigenvalue weighted by atomic mass is 16.5. The van der Waals surface area contributed by atoms with Crippen LogP contribution in [0.3, 0.4) is 0 Å². The molecule has 25 heavy (non-hydrogen) atoms. The first kappa shape index (κ1) is 15.8. The lowest BCUT2D eigenvalue weighted by atomic mass is 10.2. The molecule has 2 aromatic heterocycles. The number of rotatable bonds is 3. The molecule has 1 aliphatic heterocycles. The molecule has 130 valence electrons. The maximum atomic E-state index is 13.1. The first-order valence-corrected chi connectivity index (χ1v) is 8.28. The first-order chi connectivity index (χ1) is 12.0. The minimum absolute atomic E-state index is 0.0484. The Morgan fingerprint density at radius 1 is 1.36 bits per heavy atom. The highest BCUT2D eigenvalue weighted by Crippen LogP contribution is 2.34. The molecule has 7 heteroatoms. The van der Waals surface area contributed by atoms with E-state index in [2.05, 4.69) is 15.1 Å². The summed E-state index contributed by atoms with van der Waals surface area (Å²) < 4.78 is 10.8. The molecule has 1 aromatic carbocycles. The van der Waals surface area contributed by atoms with Crippen LogP contribution >= 0.6 is 0 Å². The fourth-order valence-electron chi connectivity index (χ4n) is 3.39. The number of carbonyl (C=O) groups excluding carboxylic acids is 1. The molecule has 0 radical (unpaired) electrons. The van der Waals surface area contributed by atoms with E-state index >= 15 is 0 Å². The number of aromatic amines is 1. The lowest BCUT2D eigenvalue weighted by Gasteiger charge is -2.20. The van der Waals surface area contributed by atoms with E-state index in [-0.39, 0.29) is 18.1 Å². The fraction of sp³-hybridized carbons (Fsp3) is 0.389. The van der Waals surface area contributed by atoms with Gasteiger partial charge in [0, 0.05) is 31.0 Å². The van der Waals surface area contributed by atoms with Gasteiger partial charge < -0.3 is 19.1 Å². The third-order valence-corrected chi connectivity index (χ3v) is 4.69. The average Bonchev–Trinajstić information content (AvgIpc) is 3.30. The van der Waals surface area contributed by atoms with E-state index in [1.165, 1.54) is 0 Å². The van der Waals surface area contributed by atoms with Crippen LogP contribution in [0.4, 0.5) is 0 Å². The maximum absolute atomic E-state index is 13.1. The van der Waals surface area contributed by atoms with Crippen LogP contribution in [0.25, 0.3) is 10.9 Å². The number of H-pyrrole nitrogens is 1. The summed E-state index contributed by atoms with van der Waals surface area (Å²) in [6, 6.07) is 7.69. The van der Waals surface area contributed by atoms with E-state index in [9.17, 15) is 4.79 Å². The highest BCUT2D eigenvalue weighted by molar-refractivity contribution is 5.98. The molecular weight excluding hydrogens is 320 g/mol. The van der Waals surface area contributed by atoms with Crippen LogP contribution in [0.2, 0.25) is 0 Å². The smallest absolute Gasteiger partial charge is 0.271 e. The minimum Gasteiger partial charge on any atom is -0.380 e. The van der Waals surface area contributed by atoms with Crippen molar-refractivity contribution in [2.45, 2.75) is 32.4 Å². The summed E-state index contributed by atoms with van der Waals surface area (Å²) in [6.45, 7) is 4.29. The molecule has 1 fully saturated rings. The van der Waals surface area contributed by atoms with Crippen LogP contribution in [-0.4, -0.2) is 45.7 Å². The Kier molecular flexibility index (Phi) is 3.80. The van der Waals surface area contributed by atoms with Crippen LogP contribution in [0, 0.1) is 13.8 Å². The monoisotopic (exact) mass is 340 g/mol. The maximum Gasteiger partial charge on any atom is 0.271 e. The molecule has 4 rings (SSSR count). The number of benzene rings is 1. The van der Waals surface area contributed by atoms with Gasteiger partial charge in [-0.25, -0.2) is 0 Å². The summed E-state index contributed by atoms with van der Waals surface area (Å²) in [5.74, 6) is 0.927. The topological polar surface area (TPSA) is 84.2 Å². The van der Waals surface area contributed by atoms with E-state index in [1.807, 2.05) is 31.2 Å². The van der Waals surface area contributed by atoms with Crippen molar-refractivity contribution in [2.75, 3.05) is 13.7 Å². The summed E-state index contributed by atoms with van der Waals surface area (Å²) in [6.07, 6.45) is 0.594. The van der Waals surface area contributed by atoms with Crippen molar-refractivity contribution in [1.82, 2.24) is 20.0 Å². The van der Waals surface area contributed by atoms with Gasteiger partial charge in [0.2, 0.25) is 5.89 Å². The molecule has 0 bridgehead atoms. The molecule has 7 nitrogen and oxygen atoms in total. The molecule has 0 saturated carbocycles. The molecule has 3 aromatic rings. The first-order valence-electron chi connectivity index (χ1n) is 8.28. The van der Waals surface area contributed by atoms with Gasteiger partial charge in [0.1, 0.15) is 11.7 Å². The summed E-state index contributed by atoms with van der Waals surface area (Å²) in [5.41, 5.74) is 2.66. The van der Waals surface area contributed by atoms with E-state index in [0.29, 0.717) is 30.4 Å². The number of methoxy groups -OCH3 is 1. The molecular formula is C18H20N4O3. The van der Waals surface area contributed by atoms with Crippen molar-refractivity contribution in [2.24, 2.45) is 0 Å². The number of aromatic nitrogens is 3. The van der Waals surface area contributed by atoms with Gasteiger partial charge in [-0.3, -0.25) is 4.79 Å². The number of aryl methyl sites for hydroxylation is 2. The quantitative estimate of drug-likeness (QED) is 0.792. The zero-order chi connectivity index (χ0) is 17.6. The minimum atomic E-state index is -0.271. The Morgan fingerprint density at radius 3 is 2.92 bits per heavy atom. The van der Waals surface area contributed by atoms with Gasteiger partial charge in [0.05, 0.1) is 6.10 Å². The molecule has 0 unspecified atom stereocenters. The van der Waals surface area contributed by atoms with E-state index < -0.39 is 0 Å². The van der Waals surface area contributed by atoms with E-state index in [0.717, 1.165) is 16.5 Å². The number of hydrogen-bond donors (Lipinski definition) is 1. The number of amides is 1. The normalized spacial score (nSPS) is 20.5. The van der Waals surface area contributed by atoms with Gasteiger partial charge in [-0.15, -0.1) is 0 Å². The third kappa shape index (κ3) is 2.80. The summed E-state index contributed by atoms with van der Waals surface area (Å²) in [7, 11) is 1.65. The van der Waals surface area contributed by atoms with Gasteiger partial charge in [0.15, 0.2) is 5.82 Å². The predicted octanol–water partition coefficient (Wildman–Crippen LogP) is 2.77. The number of nitrogens with one attached hydrogen (secondary N) is 1. The van der Waals surface area contributed by atoms with Crippen molar-refractivity contribution < 1.29 is 14.1 Å². The van der Waals surface area contributed by atoms with Gasteiger partial charge in [0.25, 0.3) is 5.91 Å². The number of nitrogens with zero attached hydrogens (tertiary/aromatic N) is 3. The van der Waals surface area contributed by atoms with Crippen LogP contribution < -0.4 is 0 Å². The number of hydrogen-bond acceptors (Lipinski definition) is 5. The van der Waals surface area contributed by atoms with Crippen molar-refractivity contribution in [1.29, 1.82) is 0 Å². The second kappa shape index (κ2) is 6.00. The molecule has 1 aliphatic rings. The van der Waals surface area contributed by atoms with E-state index in [4.69, 9.17) is 9.26 Å². The van der Waals surface area contributed by atoms with Crippen molar-refractivity contribution in [3.05, 3.63) is 47.2 Å². The largest absolute Gasteiger partial charge is 0.380 e. The SMILES string of the molecule is CO[C@@H]1C[C@H](c2nc(C)no2)N(C(=O)c2cc3ccc(C)cc3[nH]2)C1.